The van der Waals surface area contributed by atoms with Gasteiger partial charge in [-0.05, 0) is 43.2 Å². The lowest BCUT2D eigenvalue weighted by atomic mass is 10.1. The standard InChI is InChI=1S/C19H23N3O3/c1-3-16-12(8-15-9-17(25-21-15)19(23)24-4-2)5-6-18(20-16)22-10-13-7-14(13)11-22/h5-6,9,13-14H,3-4,7-8,10-11H2,1-2H3. The van der Waals surface area contributed by atoms with Crippen LogP contribution in [-0.4, -0.2) is 35.8 Å². The van der Waals surface area contributed by atoms with E-state index in [1.807, 2.05) is 0 Å². The lowest BCUT2D eigenvalue weighted by Crippen LogP contribution is -2.23. The van der Waals surface area contributed by atoms with Crippen molar-refractivity contribution < 1.29 is 14.1 Å². The number of anilines is 1. The van der Waals surface area contributed by atoms with Crippen molar-refractivity contribution in [3.63, 3.8) is 0 Å². The molecule has 0 bridgehead atoms. The van der Waals surface area contributed by atoms with Gasteiger partial charge in [-0.3, -0.25) is 0 Å². The number of esters is 1. The third-order valence-corrected chi connectivity index (χ3v) is 5.10. The molecule has 1 saturated carbocycles. The molecule has 2 atom stereocenters. The summed E-state index contributed by atoms with van der Waals surface area (Å²) in [7, 11) is 0. The summed E-state index contributed by atoms with van der Waals surface area (Å²) < 4.78 is 10.0. The summed E-state index contributed by atoms with van der Waals surface area (Å²) in [5.74, 6) is 2.54. The summed E-state index contributed by atoms with van der Waals surface area (Å²) in [5, 5.41) is 3.99. The Balaban J connectivity index is 1.49. The van der Waals surface area contributed by atoms with Crippen LogP contribution in [0.15, 0.2) is 22.7 Å². The summed E-state index contributed by atoms with van der Waals surface area (Å²) in [4.78, 5) is 19.0. The molecular formula is C19H23N3O3. The fourth-order valence-corrected chi connectivity index (χ4v) is 3.64. The van der Waals surface area contributed by atoms with Crippen LogP contribution in [0.4, 0.5) is 5.82 Å². The molecule has 1 aliphatic heterocycles. The molecule has 2 aromatic rings. The van der Waals surface area contributed by atoms with E-state index in [4.69, 9.17) is 14.2 Å². The molecule has 2 unspecified atom stereocenters. The first-order chi connectivity index (χ1) is 12.2. The minimum Gasteiger partial charge on any atom is -0.460 e. The molecule has 132 valence electrons. The fraction of sp³-hybridized carbons (Fsp3) is 0.526. The molecular weight excluding hydrogens is 318 g/mol. The molecule has 2 fully saturated rings. The third kappa shape index (κ3) is 3.25. The van der Waals surface area contributed by atoms with Crippen LogP contribution in [-0.2, 0) is 17.6 Å². The Morgan fingerprint density at radius 3 is 2.84 bits per heavy atom. The van der Waals surface area contributed by atoms with Crippen LogP contribution >= 0.6 is 0 Å². The van der Waals surface area contributed by atoms with Crippen LogP contribution in [0.1, 0.15) is 47.8 Å². The predicted octanol–water partition coefficient (Wildman–Crippen LogP) is 2.86. The van der Waals surface area contributed by atoms with Crippen molar-refractivity contribution >= 4 is 11.8 Å². The van der Waals surface area contributed by atoms with E-state index < -0.39 is 5.97 Å². The summed E-state index contributed by atoms with van der Waals surface area (Å²) >= 11 is 0. The Morgan fingerprint density at radius 2 is 2.12 bits per heavy atom. The molecule has 1 aliphatic carbocycles. The van der Waals surface area contributed by atoms with Crippen molar-refractivity contribution in [2.24, 2.45) is 11.8 Å². The maximum Gasteiger partial charge on any atom is 0.377 e. The van der Waals surface area contributed by atoms with Gasteiger partial charge in [-0.2, -0.15) is 0 Å². The number of ether oxygens (including phenoxy) is 1. The number of hydrogen-bond donors (Lipinski definition) is 0. The van der Waals surface area contributed by atoms with Crippen LogP contribution < -0.4 is 4.90 Å². The summed E-state index contributed by atoms with van der Waals surface area (Å²) in [6.45, 7) is 6.49. The molecule has 3 heterocycles. The van der Waals surface area contributed by atoms with Crippen LogP contribution in [0.5, 0.6) is 0 Å². The molecule has 2 aromatic heterocycles. The Morgan fingerprint density at radius 1 is 1.32 bits per heavy atom. The zero-order valence-corrected chi connectivity index (χ0v) is 14.7. The lowest BCUT2D eigenvalue weighted by Gasteiger charge is -2.20. The maximum absolute atomic E-state index is 11.7. The SMILES string of the molecule is CCOC(=O)c1cc(Cc2ccc(N3CC4CC4C3)nc2CC)no1. The highest BCUT2D eigenvalue weighted by molar-refractivity contribution is 5.86. The number of aryl methyl sites for hydroxylation is 1. The molecule has 0 amide bonds. The Kier molecular flexibility index (Phi) is 4.19. The lowest BCUT2D eigenvalue weighted by molar-refractivity contribution is 0.0479. The van der Waals surface area contributed by atoms with Crippen LogP contribution in [0.2, 0.25) is 0 Å². The minimum absolute atomic E-state index is 0.149. The van der Waals surface area contributed by atoms with Crippen LogP contribution in [0.3, 0.4) is 0 Å². The largest absolute Gasteiger partial charge is 0.460 e. The average molecular weight is 341 g/mol. The Hall–Kier alpha value is -2.37. The summed E-state index contributed by atoms with van der Waals surface area (Å²) in [6, 6.07) is 5.88. The molecule has 0 spiro atoms. The zero-order valence-electron chi connectivity index (χ0n) is 14.7. The molecule has 2 aliphatic rings. The van der Waals surface area contributed by atoms with Crippen molar-refractivity contribution in [3.8, 4) is 0 Å². The molecule has 1 saturated heterocycles. The number of carbonyl (C=O) groups is 1. The van der Waals surface area contributed by atoms with E-state index in [1.165, 1.54) is 6.42 Å². The highest BCUT2D eigenvalue weighted by Gasteiger charge is 2.45. The smallest absolute Gasteiger partial charge is 0.377 e. The summed E-state index contributed by atoms with van der Waals surface area (Å²) in [5.41, 5.74) is 2.92. The van der Waals surface area contributed by atoms with E-state index >= 15 is 0 Å². The van der Waals surface area contributed by atoms with Crippen molar-refractivity contribution in [2.45, 2.75) is 33.1 Å². The molecule has 6 heteroatoms. The molecule has 0 radical (unpaired) electrons. The number of rotatable bonds is 6. The van der Waals surface area contributed by atoms with E-state index in [9.17, 15) is 4.79 Å². The van der Waals surface area contributed by atoms with Gasteiger partial charge in [0.2, 0.25) is 5.76 Å². The third-order valence-electron chi connectivity index (χ3n) is 5.10. The number of pyridine rings is 1. The number of piperidine rings is 1. The number of hydrogen-bond acceptors (Lipinski definition) is 6. The highest BCUT2D eigenvalue weighted by Crippen LogP contribution is 2.46. The second-order valence-electron chi connectivity index (χ2n) is 6.87. The van der Waals surface area contributed by atoms with Gasteiger partial charge in [0.15, 0.2) is 0 Å². The van der Waals surface area contributed by atoms with E-state index in [2.05, 4.69) is 29.1 Å². The van der Waals surface area contributed by atoms with Crippen molar-refractivity contribution in [1.29, 1.82) is 0 Å². The van der Waals surface area contributed by atoms with E-state index in [-0.39, 0.29) is 5.76 Å². The second kappa shape index (κ2) is 6.50. The Bertz CT molecular complexity index is 776. The van der Waals surface area contributed by atoms with E-state index in [0.29, 0.717) is 13.0 Å². The second-order valence-corrected chi connectivity index (χ2v) is 6.87. The molecule has 4 rings (SSSR count). The average Bonchev–Trinajstić information content (AvgIpc) is 3.02. The van der Waals surface area contributed by atoms with E-state index in [1.54, 1.807) is 13.0 Å². The minimum atomic E-state index is -0.474. The predicted molar refractivity (Wildman–Crippen MR) is 92.7 cm³/mol. The first-order valence-corrected chi connectivity index (χ1v) is 9.04. The summed E-state index contributed by atoms with van der Waals surface area (Å²) in [6.07, 6.45) is 2.86. The van der Waals surface area contributed by atoms with Gasteiger partial charge in [-0.25, -0.2) is 9.78 Å². The number of aromatic nitrogens is 2. The zero-order chi connectivity index (χ0) is 17.4. The molecule has 6 nitrogen and oxygen atoms in total. The molecule has 0 N–H and O–H groups in total. The first-order valence-electron chi connectivity index (χ1n) is 9.04. The topological polar surface area (TPSA) is 68.5 Å². The van der Waals surface area contributed by atoms with Crippen LogP contribution in [0.25, 0.3) is 0 Å². The van der Waals surface area contributed by atoms with Gasteiger partial charge < -0.3 is 14.2 Å². The van der Waals surface area contributed by atoms with Crippen molar-refractivity contribution in [1.82, 2.24) is 10.1 Å². The van der Waals surface area contributed by atoms with Gasteiger partial charge in [-0.1, -0.05) is 18.1 Å². The fourth-order valence-electron chi connectivity index (χ4n) is 3.64. The highest BCUT2D eigenvalue weighted by atomic mass is 16.6. The molecule has 25 heavy (non-hydrogen) atoms. The van der Waals surface area contributed by atoms with Crippen molar-refractivity contribution in [3.05, 3.63) is 40.9 Å². The normalized spacial score (nSPS) is 21.3. The van der Waals surface area contributed by atoms with Gasteiger partial charge in [0.1, 0.15) is 5.82 Å². The Labute approximate surface area is 147 Å². The van der Waals surface area contributed by atoms with Gasteiger partial charge in [0.05, 0.1) is 12.3 Å². The van der Waals surface area contributed by atoms with Crippen molar-refractivity contribution in [2.75, 3.05) is 24.6 Å². The van der Waals surface area contributed by atoms with E-state index in [0.717, 1.165) is 54.1 Å². The number of fused-ring (bicyclic) bond motifs is 1. The monoisotopic (exact) mass is 341 g/mol. The van der Waals surface area contributed by atoms with Gasteiger partial charge in [0, 0.05) is 31.3 Å². The number of nitrogens with zero attached hydrogens (tertiary/aromatic N) is 3. The molecule has 0 aromatic carbocycles. The van der Waals surface area contributed by atoms with Gasteiger partial charge >= 0.3 is 5.97 Å². The van der Waals surface area contributed by atoms with Crippen LogP contribution in [0, 0.1) is 11.8 Å². The maximum atomic E-state index is 11.7. The van der Waals surface area contributed by atoms with Gasteiger partial charge in [0.25, 0.3) is 0 Å². The number of carbonyl (C=O) groups excluding carboxylic acids is 1. The first kappa shape index (κ1) is 16.1. The van der Waals surface area contributed by atoms with Gasteiger partial charge in [-0.15, -0.1) is 0 Å². The quantitative estimate of drug-likeness (QED) is 0.753.